The molecule has 244 valence electrons. The Kier molecular flexibility index (Phi) is 7.13. The van der Waals surface area contributed by atoms with E-state index in [0.29, 0.717) is 0 Å². The zero-order valence-electron chi connectivity index (χ0n) is 30.6. The molecular formula is C45H33B5N2O. The van der Waals surface area contributed by atoms with Gasteiger partial charge >= 0.3 is 0 Å². The summed E-state index contributed by atoms with van der Waals surface area (Å²) in [6, 6.07) is 50.2. The molecule has 0 bridgehead atoms. The Morgan fingerprint density at radius 2 is 0.962 bits per heavy atom. The molecule has 0 unspecified atom stereocenters. The molecule has 0 atom stereocenters. The van der Waals surface area contributed by atoms with Crippen molar-refractivity contribution in [1.82, 2.24) is 9.55 Å². The van der Waals surface area contributed by atoms with Crippen molar-refractivity contribution in [2.45, 2.75) is 0 Å². The number of fused-ring (bicyclic) bond motifs is 6. The molecule has 8 aromatic carbocycles. The van der Waals surface area contributed by atoms with Crippen molar-refractivity contribution in [2.75, 3.05) is 0 Å². The molecule has 10 rings (SSSR count). The Balaban J connectivity index is 1.30. The topological polar surface area (TPSA) is 31.0 Å². The van der Waals surface area contributed by atoms with Gasteiger partial charge in [-0.2, -0.15) is 0 Å². The number of furan rings is 1. The second kappa shape index (κ2) is 12.0. The third-order valence-electron chi connectivity index (χ3n) is 11.8. The molecule has 0 fully saturated rings. The van der Waals surface area contributed by atoms with Gasteiger partial charge in [0.15, 0.2) is 0 Å². The Morgan fingerprint density at radius 3 is 1.66 bits per heavy atom. The first-order valence-electron chi connectivity index (χ1n) is 18.4. The smallest absolute Gasteiger partial charge is 0.144 e. The fraction of sp³-hybridized carbons (Fsp3) is 0. The predicted molar refractivity (Wildman–Crippen MR) is 241 cm³/mol. The quantitative estimate of drug-likeness (QED) is 0.212. The van der Waals surface area contributed by atoms with Crippen LogP contribution < -0.4 is 27.3 Å². The minimum Gasteiger partial charge on any atom is -0.456 e. The van der Waals surface area contributed by atoms with Gasteiger partial charge in [0.2, 0.25) is 0 Å². The highest BCUT2D eigenvalue weighted by Crippen LogP contribution is 2.46. The van der Waals surface area contributed by atoms with E-state index in [9.17, 15) is 0 Å². The summed E-state index contributed by atoms with van der Waals surface area (Å²) in [6.07, 6.45) is 0. The third kappa shape index (κ3) is 4.65. The molecule has 2 aromatic heterocycles. The van der Waals surface area contributed by atoms with E-state index in [2.05, 4.69) is 171 Å². The van der Waals surface area contributed by atoms with Crippen molar-refractivity contribution in [3.63, 3.8) is 0 Å². The highest BCUT2D eigenvalue weighted by molar-refractivity contribution is 6.68. The van der Waals surface area contributed by atoms with E-state index in [1.807, 2.05) is 12.1 Å². The van der Waals surface area contributed by atoms with E-state index in [-0.39, 0.29) is 0 Å². The van der Waals surface area contributed by atoms with Crippen LogP contribution in [-0.4, -0.2) is 48.8 Å². The third-order valence-corrected chi connectivity index (χ3v) is 11.8. The SMILES string of the molecule is Bc1c(B)c(B)c(-c2nc3ccccc3n2-c2ccccc2-c2c3ccccc3c(-c3ccc4oc5ccccc5c4c3)c3ccccc23)c(B)c1B. The van der Waals surface area contributed by atoms with Crippen LogP contribution in [0.15, 0.2) is 144 Å². The second-order valence-corrected chi connectivity index (χ2v) is 14.4. The van der Waals surface area contributed by atoms with E-state index in [1.165, 1.54) is 76.7 Å². The number of hydrogen-bond donors (Lipinski definition) is 0. The van der Waals surface area contributed by atoms with Gasteiger partial charge in [-0.05, 0) is 74.6 Å². The molecule has 0 spiro atoms. The fourth-order valence-electron chi connectivity index (χ4n) is 8.76. The summed E-state index contributed by atoms with van der Waals surface area (Å²) < 4.78 is 8.65. The van der Waals surface area contributed by atoms with Gasteiger partial charge in [-0.15, -0.1) is 16.4 Å². The Hall–Kier alpha value is -6.13. The van der Waals surface area contributed by atoms with Crippen LogP contribution in [0, 0.1) is 0 Å². The van der Waals surface area contributed by atoms with E-state index in [1.54, 1.807) is 0 Å². The van der Waals surface area contributed by atoms with Crippen LogP contribution in [0.4, 0.5) is 0 Å². The highest BCUT2D eigenvalue weighted by Gasteiger charge is 2.24. The predicted octanol–water partition coefficient (Wildman–Crippen LogP) is 3.52. The maximum Gasteiger partial charge on any atom is 0.144 e. The number of rotatable bonds is 4. The number of para-hydroxylation sites is 4. The van der Waals surface area contributed by atoms with Gasteiger partial charge < -0.3 is 4.42 Å². The zero-order chi connectivity index (χ0) is 36.0. The van der Waals surface area contributed by atoms with Gasteiger partial charge in [0.05, 0.1) is 16.7 Å². The summed E-state index contributed by atoms with van der Waals surface area (Å²) in [4.78, 5) is 5.40. The average Bonchev–Trinajstić information content (AvgIpc) is 3.76. The first-order valence-corrected chi connectivity index (χ1v) is 18.4. The molecule has 0 N–H and O–H groups in total. The lowest BCUT2D eigenvalue weighted by Gasteiger charge is -2.23. The van der Waals surface area contributed by atoms with Crippen LogP contribution in [0.1, 0.15) is 0 Å². The number of aromatic nitrogens is 2. The molecule has 53 heavy (non-hydrogen) atoms. The second-order valence-electron chi connectivity index (χ2n) is 14.4. The average molecular weight is 672 g/mol. The Labute approximate surface area is 312 Å². The molecule has 0 radical (unpaired) electrons. The largest absolute Gasteiger partial charge is 0.456 e. The van der Waals surface area contributed by atoms with Gasteiger partial charge in [-0.1, -0.05) is 114 Å². The fourth-order valence-corrected chi connectivity index (χ4v) is 8.76. The van der Waals surface area contributed by atoms with Crippen molar-refractivity contribution in [3.8, 4) is 39.3 Å². The molecule has 8 heteroatoms. The summed E-state index contributed by atoms with van der Waals surface area (Å²) in [5, 5.41) is 7.13. The molecule has 10 aromatic rings. The van der Waals surface area contributed by atoms with Crippen molar-refractivity contribution in [3.05, 3.63) is 140 Å². The summed E-state index contributed by atoms with van der Waals surface area (Å²) in [7, 11) is 11.2. The van der Waals surface area contributed by atoms with E-state index in [4.69, 9.17) is 9.40 Å². The number of imidazole rings is 1. The summed E-state index contributed by atoms with van der Waals surface area (Å²) in [5.74, 6) is 0.978. The molecule has 0 aliphatic rings. The van der Waals surface area contributed by atoms with Crippen molar-refractivity contribution in [2.24, 2.45) is 0 Å². The van der Waals surface area contributed by atoms with Gasteiger partial charge in [0, 0.05) is 21.9 Å². The molecule has 0 amide bonds. The molecule has 0 aliphatic heterocycles. The van der Waals surface area contributed by atoms with Crippen LogP contribution >= 0.6 is 0 Å². The summed E-state index contributed by atoms with van der Waals surface area (Å²) in [6.45, 7) is 0. The molecular weight excluding hydrogens is 639 g/mol. The Bertz CT molecular complexity index is 3060. The van der Waals surface area contributed by atoms with Crippen molar-refractivity contribution in [1.29, 1.82) is 0 Å². The van der Waals surface area contributed by atoms with Gasteiger partial charge in [-0.3, -0.25) is 4.57 Å². The molecule has 0 aliphatic carbocycles. The first kappa shape index (κ1) is 31.6. The minimum absolute atomic E-state index is 0.905. The molecule has 2 heterocycles. The van der Waals surface area contributed by atoms with Gasteiger partial charge in [0.25, 0.3) is 0 Å². The van der Waals surface area contributed by atoms with Crippen LogP contribution in [0.5, 0.6) is 0 Å². The van der Waals surface area contributed by atoms with E-state index in [0.717, 1.165) is 44.5 Å². The van der Waals surface area contributed by atoms with Gasteiger partial charge in [0.1, 0.15) is 56.2 Å². The van der Waals surface area contributed by atoms with Crippen molar-refractivity contribution >= 4 is 121 Å². The summed E-state index contributed by atoms with van der Waals surface area (Å²) in [5.41, 5.74) is 17.6. The van der Waals surface area contributed by atoms with Crippen LogP contribution in [0.2, 0.25) is 0 Å². The lowest BCUT2D eigenvalue weighted by Crippen LogP contribution is -2.55. The monoisotopic (exact) mass is 672 g/mol. The van der Waals surface area contributed by atoms with Gasteiger partial charge in [-0.25, -0.2) is 4.98 Å². The number of benzene rings is 8. The van der Waals surface area contributed by atoms with Crippen molar-refractivity contribution < 1.29 is 4.42 Å². The lowest BCUT2D eigenvalue weighted by molar-refractivity contribution is 0.669. The maximum atomic E-state index is 6.24. The maximum absolute atomic E-state index is 6.24. The Morgan fingerprint density at radius 1 is 0.434 bits per heavy atom. The van der Waals surface area contributed by atoms with Crippen LogP contribution in [0.3, 0.4) is 0 Å². The van der Waals surface area contributed by atoms with Crippen LogP contribution in [0.25, 0.3) is 93.8 Å². The van der Waals surface area contributed by atoms with E-state index < -0.39 is 0 Å². The van der Waals surface area contributed by atoms with E-state index >= 15 is 0 Å². The number of nitrogens with zero attached hydrogens (tertiary/aromatic N) is 2. The molecule has 0 saturated heterocycles. The van der Waals surface area contributed by atoms with Crippen LogP contribution in [-0.2, 0) is 0 Å². The highest BCUT2D eigenvalue weighted by atomic mass is 16.3. The zero-order valence-corrected chi connectivity index (χ0v) is 30.6. The minimum atomic E-state index is 0.905. The lowest BCUT2D eigenvalue weighted by atomic mass is 9.60. The molecule has 0 saturated carbocycles. The normalized spacial score (nSPS) is 11.8. The number of hydrogen-bond acceptors (Lipinski definition) is 2. The standard InChI is InChI=1S/C45H33B5N2O/c46-40-39(41(47)43(49)44(50)42(40)48)45-51-32-17-7-9-19-34(32)52(45)33-18-8-5-16-30(33)38-28-14-3-1-12-26(28)37(27-13-2-4-15-29(27)38)24-21-22-36-31(23-24)25-11-6-10-20-35(25)53-36/h1-23H,46-50H2. The summed E-state index contributed by atoms with van der Waals surface area (Å²) >= 11 is 0. The molecule has 3 nitrogen and oxygen atoms in total. The first-order chi connectivity index (χ1) is 25.9.